The molecule has 0 spiro atoms. The Balaban J connectivity index is 2.62. The Morgan fingerprint density at radius 1 is 1.75 bits per heavy atom. The second-order valence-electron chi connectivity index (χ2n) is 2.55. The third kappa shape index (κ3) is 2.37. The van der Waals surface area contributed by atoms with E-state index in [0.29, 0.717) is 11.1 Å². The van der Waals surface area contributed by atoms with E-state index in [0.717, 1.165) is 11.3 Å². The van der Waals surface area contributed by atoms with Crippen LogP contribution in [0, 0.1) is 6.92 Å². The molecule has 0 unspecified atom stereocenters. The van der Waals surface area contributed by atoms with E-state index >= 15 is 0 Å². The predicted molar refractivity (Wildman–Crippen MR) is 47.1 cm³/mol. The SMILES string of the molecule is Cc1cc(Br)oc1CCC(=O)O. The standard InChI is InChI=1S/C8H9BrO3/c1-5-4-7(9)12-6(5)2-3-8(10)11/h4H,2-3H2,1H3,(H,10,11). The van der Waals surface area contributed by atoms with Crippen molar-refractivity contribution in [2.75, 3.05) is 0 Å². The van der Waals surface area contributed by atoms with E-state index in [2.05, 4.69) is 15.9 Å². The fraction of sp³-hybridized carbons (Fsp3) is 0.375. The second kappa shape index (κ2) is 3.76. The third-order valence-electron chi connectivity index (χ3n) is 1.56. The number of rotatable bonds is 3. The van der Waals surface area contributed by atoms with Crippen LogP contribution in [0.2, 0.25) is 0 Å². The number of hydrogen-bond acceptors (Lipinski definition) is 2. The smallest absolute Gasteiger partial charge is 0.303 e. The van der Waals surface area contributed by atoms with Crippen LogP contribution in [0.25, 0.3) is 0 Å². The monoisotopic (exact) mass is 232 g/mol. The third-order valence-corrected chi connectivity index (χ3v) is 1.95. The zero-order chi connectivity index (χ0) is 9.14. The van der Waals surface area contributed by atoms with Crippen molar-refractivity contribution in [1.29, 1.82) is 0 Å². The summed E-state index contributed by atoms with van der Waals surface area (Å²) < 4.78 is 5.87. The Kier molecular flexibility index (Phi) is 2.92. The average molecular weight is 233 g/mol. The highest BCUT2D eigenvalue weighted by atomic mass is 79.9. The van der Waals surface area contributed by atoms with Gasteiger partial charge in [0.15, 0.2) is 4.67 Å². The van der Waals surface area contributed by atoms with Gasteiger partial charge in [0.05, 0.1) is 6.42 Å². The molecular weight excluding hydrogens is 224 g/mol. The first-order chi connectivity index (χ1) is 5.59. The quantitative estimate of drug-likeness (QED) is 0.871. The van der Waals surface area contributed by atoms with Gasteiger partial charge in [0.25, 0.3) is 0 Å². The van der Waals surface area contributed by atoms with Crippen LogP contribution in [-0.4, -0.2) is 11.1 Å². The van der Waals surface area contributed by atoms with E-state index in [1.165, 1.54) is 0 Å². The van der Waals surface area contributed by atoms with Crippen LogP contribution < -0.4 is 0 Å². The van der Waals surface area contributed by atoms with Crippen molar-refractivity contribution >= 4 is 21.9 Å². The summed E-state index contributed by atoms with van der Waals surface area (Å²) in [5, 5.41) is 8.42. The minimum atomic E-state index is -0.804. The minimum absolute atomic E-state index is 0.112. The Morgan fingerprint density at radius 3 is 2.83 bits per heavy atom. The van der Waals surface area contributed by atoms with Crippen molar-refractivity contribution in [3.8, 4) is 0 Å². The molecular formula is C8H9BrO3. The molecule has 1 heterocycles. The molecule has 0 atom stereocenters. The summed E-state index contributed by atoms with van der Waals surface area (Å²) in [6.45, 7) is 1.89. The predicted octanol–water partition coefficient (Wildman–Crippen LogP) is 2.37. The molecule has 0 bridgehead atoms. The van der Waals surface area contributed by atoms with E-state index < -0.39 is 5.97 Å². The van der Waals surface area contributed by atoms with E-state index in [-0.39, 0.29) is 6.42 Å². The highest BCUT2D eigenvalue weighted by Gasteiger charge is 2.07. The molecule has 3 nitrogen and oxygen atoms in total. The van der Waals surface area contributed by atoms with Crippen molar-refractivity contribution in [2.24, 2.45) is 0 Å². The Labute approximate surface area is 78.5 Å². The fourth-order valence-corrected chi connectivity index (χ4v) is 1.49. The molecule has 0 saturated carbocycles. The van der Waals surface area contributed by atoms with Gasteiger partial charge in [-0.1, -0.05) is 0 Å². The summed E-state index contributed by atoms with van der Waals surface area (Å²) in [6.07, 6.45) is 0.563. The molecule has 1 aromatic rings. The van der Waals surface area contributed by atoms with Crippen LogP contribution in [-0.2, 0) is 11.2 Å². The lowest BCUT2D eigenvalue weighted by molar-refractivity contribution is -0.137. The van der Waals surface area contributed by atoms with Crippen LogP contribution >= 0.6 is 15.9 Å². The van der Waals surface area contributed by atoms with Crippen LogP contribution in [0.1, 0.15) is 17.7 Å². The number of carboxylic acid groups (broad SMARTS) is 1. The molecule has 0 saturated heterocycles. The molecule has 1 aromatic heterocycles. The number of furan rings is 1. The van der Waals surface area contributed by atoms with Crippen molar-refractivity contribution in [2.45, 2.75) is 19.8 Å². The summed E-state index contributed by atoms with van der Waals surface area (Å²) in [5.74, 6) is -0.0637. The van der Waals surface area contributed by atoms with E-state index in [1.54, 1.807) is 0 Å². The summed E-state index contributed by atoms with van der Waals surface area (Å²) in [7, 11) is 0. The summed E-state index contributed by atoms with van der Waals surface area (Å²) in [6, 6.07) is 1.83. The summed E-state index contributed by atoms with van der Waals surface area (Å²) in [4.78, 5) is 10.2. The van der Waals surface area contributed by atoms with Gasteiger partial charge in [0.2, 0.25) is 0 Å². The summed E-state index contributed by atoms with van der Waals surface area (Å²) in [5.41, 5.74) is 0.989. The van der Waals surface area contributed by atoms with Crippen molar-refractivity contribution < 1.29 is 14.3 Å². The van der Waals surface area contributed by atoms with Gasteiger partial charge in [-0.2, -0.15) is 0 Å². The Bertz CT molecular complexity index is 290. The molecule has 4 heteroatoms. The van der Waals surface area contributed by atoms with E-state index in [1.807, 2.05) is 13.0 Å². The fourth-order valence-electron chi connectivity index (χ4n) is 0.947. The first-order valence-electron chi connectivity index (χ1n) is 3.56. The summed E-state index contributed by atoms with van der Waals surface area (Å²) >= 11 is 3.18. The van der Waals surface area contributed by atoms with Gasteiger partial charge in [-0.3, -0.25) is 4.79 Å². The lowest BCUT2D eigenvalue weighted by Crippen LogP contribution is -1.97. The highest BCUT2D eigenvalue weighted by molar-refractivity contribution is 9.10. The maximum atomic E-state index is 10.2. The van der Waals surface area contributed by atoms with Crippen LogP contribution in [0.4, 0.5) is 0 Å². The number of aliphatic carboxylic acids is 1. The van der Waals surface area contributed by atoms with Crippen molar-refractivity contribution in [3.05, 3.63) is 22.1 Å². The lowest BCUT2D eigenvalue weighted by Gasteiger charge is -1.93. The molecule has 0 radical (unpaired) electrons. The molecule has 0 aliphatic carbocycles. The molecule has 0 aliphatic rings. The van der Waals surface area contributed by atoms with Crippen LogP contribution in [0.15, 0.2) is 15.2 Å². The lowest BCUT2D eigenvalue weighted by atomic mass is 10.2. The van der Waals surface area contributed by atoms with E-state index in [9.17, 15) is 4.79 Å². The maximum Gasteiger partial charge on any atom is 0.303 e. The van der Waals surface area contributed by atoms with Gasteiger partial charge >= 0.3 is 5.97 Å². The first kappa shape index (κ1) is 9.32. The number of halogens is 1. The van der Waals surface area contributed by atoms with Crippen LogP contribution in [0.5, 0.6) is 0 Å². The van der Waals surface area contributed by atoms with Gasteiger partial charge in [-0.05, 0) is 34.5 Å². The van der Waals surface area contributed by atoms with Crippen molar-refractivity contribution in [3.63, 3.8) is 0 Å². The largest absolute Gasteiger partial charge is 0.481 e. The van der Waals surface area contributed by atoms with Gasteiger partial charge in [0.1, 0.15) is 5.76 Å². The molecule has 0 fully saturated rings. The number of carbonyl (C=O) groups is 1. The zero-order valence-corrected chi connectivity index (χ0v) is 8.22. The number of hydrogen-bond donors (Lipinski definition) is 1. The molecule has 1 rings (SSSR count). The molecule has 0 aromatic carbocycles. The maximum absolute atomic E-state index is 10.2. The molecule has 0 aliphatic heterocycles. The number of aryl methyl sites for hydroxylation is 2. The number of carboxylic acids is 1. The molecule has 1 N–H and O–H groups in total. The van der Waals surface area contributed by atoms with Gasteiger partial charge in [-0.15, -0.1) is 0 Å². The second-order valence-corrected chi connectivity index (χ2v) is 3.33. The normalized spacial score (nSPS) is 10.2. The Morgan fingerprint density at radius 2 is 2.42 bits per heavy atom. The van der Waals surface area contributed by atoms with Gasteiger partial charge < -0.3 is 9.52 Å². The van der Waals surface area contributed by atoms with Crippen LogP contribution in [0.3, 0.4) is 0 Å². The van der Waals surface area contributed by atoms with Crippen molar-refractivity contribution in [1.82, 2.24) is 0 Å². The topological polar surface area (TPSA) is 50.4 Å². The molecule has 12 heavy (non-hydrogen) atoms. The molecule has 0 amide bonds. The zero-order valence-electron chi connectivity index (χ0n) is 6.63. The van der Waals surface area contributed by atoms with E-state index in [4.69, 9.17) is 9.52 Å². The first-order valence-corrected chi connectivity index (χ1v) is 4.35. The highest BCUT2D eigenvalue weighted by Crippen LogP contribution is 2.20. The Hall–Kier alpha value is -0.770. The molecule has 66 valence electrons. The van der Waals surface area contributed by atoms with Gasteiger partial charge in [0, 0.05) is 6.42 Å². The minimum Gasteiger partial charge on any atom is -0.481 e. The van der Waals surface area contributed by atoms with Gasteiger partial charge in [-0.25, -0.2) is 0 Å². The average Bonchev–Trinajstić information content (AvgIpc) is 2.26.